The van der Waals surface area contributed by atoms with E-state index >= 15 is 0 Å². The number of fused-ring (bicyclic) bond motifs is 1. The Morgan fingerprint density at radius 1 is 0.877 bits per heavy atom. The number of aromatic nitrogens is 4. The number of benzene rings is 2. The van der Waals surface area contributed by atoms with Gasteiger partial charge in [-0.3, -0.25) is 34.0 Å². The van der Waals surface area contributed by atoms with E-state index in [2.05, 4.69) is 36.7 Å². The fourth-order valence-corrected chi connectivity index (χ4v) is 9.14. The zero-order valence-corrected chi connectivity index (χ0v) is 37.8. The molecule has 344 valence electrons. The zero-order valence-electron chi connectivity index (χ0n) is 37.0. The number of hydrogen-bond donors (Lipinski definition) is 5. The van der Waals surface area contributed by atoms with Crippen molar-refractivity contribution in [2.24, 2.45) is 13.0 Å². The molecule has 3 fully saturated rings. The van der Waals surface area contributed by atoms with Gasteiger partial charge in [-0.15, -0.1) is 0 Å². The molecule has 2 aliphatic heterocycles. The Bertz CT molecular complexity index is 2360. The van der Waals surface area contributed by atoms with Crippen LogP contribution in [0.2, 0.25) is 5.02 Å². The van der Waals surface area contributed by atoms with Gasteiger partial charge in [-0.2, -0.15) is 5.10 Å². The molecule has 2 saturated carbocycles. The third-order valence-electron chi connectivity index (χ3n) is 12.9. The van der Waals surface area contributed by atoms with E-state index < -0.39 is 11.9 Å². The molecule has 0 radical (unpaired) electrons. The Hall–Kier alpha value is -5.87. The summed E-state index contributed by atoms with van der Waals surface area (Å²) >= 11 is 6.57. The lowest BCUT2D eigenvalue weighted by atomic mass is 9.91. The van der Waals surface area contributed by atoms with Gasteiger partial charge in [0, 0.05) is 60.9 Å². The molecule has 5 amide bonds. The number of hydrogen-bond acceptors (Lipinski definition) is 11. The number of halogens is 1. The van der Waals surface area contributed by atoms with Crippen molar-refractivity contribution in [2.45, 2.75) is 128 Å². The molecule has 2 aliphatic carbocycles. The Kier molecular flexibility index (Phi) is 15.1. The highest BCUT2D eigenvalue weighted by molar-refractivity contribution is 6.33. The van der Waals surface area contributed by atoms with Crippen molar-refractivity contribution < 1.29 is 28.7 Å². The first-order valence-electron chi connectivity index (χ1n) is 23.1. The summed E-state index contributed by atoms with van der Waals surface area (Å²) in [7, 11) is 1.97. The fraction of sp³-hybridized carbons (Fsp3) is 0.500. The van der Waals surface area contributed by atoms with Crippen molar-refractivity contribution in [3.8, 4) is 17.0 Å². The van der Waals surface area contributed by atoms with Crippen LogP contribution in [0.1, 0.15) is 116 Å². The molecule has 1 saturated heterocycles. The maximum atomic E-state index is 13.1. The smallest absolute Gasteiger partial charge is 0.255 e. The zero-order chi connectivity index (χ0) is 45.3. The molecule has 16 nitrogen and oxygen atoms in total. The summed E-state index contributed by atoms with van der Waals surface area (Å²) in [5.41, 5.74) is 5.97. The summed E-state index contributed by atoms with van der Waals surface area (Å²) in [6.45, 7) is 1.89. The number of ether oxygens (including phenoxy) is 1. The number of aryl methyl sites for hydroxylation is 1. The lowest BCUT2D eigenvalue weighted by molar-refractivity contribution is -0.137. The Balaban J connectivity index is 0.649. The highest BCUT2D eigenvalue weighted by Gasteiger charge is 2.40. The standard InChI is InChI=1S/C48H59ClN10O6/c1-58-40(23-30-10-11-30)36(25-53-58)45-38(49)26-52-48(57-45)55-34-18-16-33(17-19-34)54-42(60)9-4-2-3-5-22-50-27-44(62)51-24-31-12-14-32(15-13-31)29-65-41-8-6-7-35-37(41)28-59(47(35)64)39-20-21-43(61)56-46(39)63/h6-8,12-15,25-26,30,33-34,39,50H,2-5,9-11,16-24,27-29H2,1H3,(H,51,62)(H,54,60)(H,52,55,57)(H,56,61,63). The quantitative estimate of drug-likeness (QED) is 0.0521. The fourth-order valence-electron chi connectivity index (χ4n) is 8.95. The largest absolute Gasteiger partial charge is 0.489 e. The molecule has 4 heterocycles. The van der Waals surface area contributed by atoms with Crippen molar-refractivity contribution in [1.29, 1.82) is 0 Å². The highest BCUT2D eigenvalue weighted by atomic mass is 35.5. The monoisotopic (exact) mass is 906 g/mol. The molecule has 1 unspecified atom stereocenters. The van der Waals surface area contributed by atoms with Crippen LogP contribution in [0.25, 0.3) is 11.3 Å². The lowest BCUT2D eigenvalue weighted by Crippen LogP contribution is -2.52. The number of imide groups is 1. The second-order valence-electron chi connectivity index (χ2n) is 17.8. The summed E-state index contributed by atoms with van der Waals surface area (Å²) < 4.78 is 8.05. The highest BCUT2D eigenvalue weighted by Crippen LogP contribution is 2.37. The molecule has 5 N–H and O–H groups in total. The van der Waals surface area contributed by atoms with E-state index in [1.165, 1.54) is 17.7 Å². The number of rotatable bonds is 21. The molecule has 4 aliphatic rings. The molecule has 8 rings (SSSR count). The normalized spacial score (nSPS) is 19.4. The molecule has 1 atom stereocenters. The van der Waals surface area contributed by atoms with Crippen LogP contribution in [0.5, 0.6) is 5.75 Å². The molecule has 2 aromatic carbocycles. The second-order valence-corrected chi connectivity index (χ2v) is 18.2. The topological polar surface area (TPSA) is 202 Å². The number of nitrogens with one attached hydrogen (secondary N) is 5. The molecule has 65 heavy (non-hydrogen) atoms. The Labute approximate surface area is 384 Å². The van der Waals surface area contributed by atoms with E-state index in [-0.39, 0.29) is 61.8 Å². The lowest BCUT2D eigenvalue weighted by Gasteiger charge is -2.29. The van der Waals surface area contributed by atoms with Crippen LogP contribution in [-0.4, -0.2) is 85.4 Å². The van der Waals surface area contributed by atoms with E-state index in [1.54, 1.807) is 18.3 Å². The van der Waals surface area contributed by atoms with Crippen LogP contribution >= 0.6 is 11.6 Å². The molecular weight excluding hydrogens is 848 g/mol. The van der Waals surface area contributed by atoms with Gasteiger partial charge in [-0.25, -0.2) is 9.97 Å². The maximum Gasteiger partial charge on any atom is 0.255 e. The van der Waals surface area contributed by atoms with Crippen LogP contribution in [0.3, 0.4) is 0 Å². The van der Waals surface area contributed by atoms with Crippen LogP contribution in [0.4, 0.5) is 5.95 Å². The van der Waals surface area contributed by atoms with Gasteiger partial charge in [0.2, 0.25) is 29.6 Å². The van der Waals surface area contributed by atoms with Gasteiger partial charge < -0.3 is 30.9 Å². The molecule has 2 aromatic heterocycles. The number of carbonyl (C=O) groups is 5. The Morgan fingerprint density at radius 3 is 2.43 bits per heavy atom. The number of nitrogens with zero attached hydrogens (tertiary/aromatic N) is 5. The van der Waals surface area contributed by atoms with Crippen LogP contribution in [-0.2, 0) is 52.3 Å². The van der Waals surface area contributed by atoms with Crippen LogP contribution < -0.4 is 31.3 Å². The minimum absolute atomic E-state index is 0.0801. The van der Waals surface area contributed by atoms with E-state index in [9.17, 15) is 24.0 Å². The first-order valence-corrected chi connectivity index (χ1v) is 23.5. The van der Waals surface area contributed by atoms with Gasteiger partial charge in [0.15, 0.2) is 0 Å². The second kappa shape index (κ2) is 21.4. The van der Waals surface area contributed by atoms with E-state index in [0.29, 0.717) is 53.3 Å². The summed E-state index contributed by atoms with van der Waals surface area (Å²) in [6, 6.07) is 12.8. The van der Waals surface area contributed by atoms with Gasteiger partial charge in [-0.1, -0.05) is 54.8 Å². The van der Waals surface area contributed by atoms with Gasteiger partial charge in [0.25, 0.3) is 5.91 Å². The maximum absolute atomic E-state index is 13.1. The minimum Gasteiger partial charge on any atom is -0.489 e. The average molecular weight is 908 g/mol. The van der Waals surface area contributed by atoms with Gasteiger partial charge in [0.05, 0.1) is 36.2 Å². The first-order chi connectivity index (χ1) is 31.6. The molecule has 0 bridgehead atoms. The van der Waals surface area contributed by atoms with Crippen LogP contribution in [0, 0.1) is 5.92 Å². The number of anilines is 1. The SMILES string of the molecule is Cn1ncc(-c2nc(NC3CCC(NC(=O)CCCCCCNCC(=O)NCc4ccc(COc5cccc6c5CN(C5CCC(=O)NC5=O)C6=O)cc4)CC3)ncc2Cl)c1CC1CC1. The van der Waals surface area contributed by atoms with Crippen molar-refractivity contribution in [3.05, 3.63) is 87.8 Å². The number of piperidine rings is 1. The van der Waals surface area contributed by atoms with Crippen molar-refractivity contribution in [2.75, 3.05) is 18.4 Å². The first kappa shape index (κ1) is 45.7. The van der Waals surface area contributed by atoms with E-state index in [0.717, 1.165) is 92.3 Å². The molecular formula is C48H59ClN10O6. The number of amides is 5. The summed E-state index contributed by atoms with van der Waals surface area (Å²) in [5.74, 6) is 0.889. The molecule has 17 heteroatoms. The Morgan fingerprint density at radius 2 is 1.65 bits per heavy atom. The predicted molar refractivity (Wildman–Crippen MR) is 245 cm³/mol. The minimum atomic E-state index is -0.683. The summed E-state index contributed by atoms with van der Waals surface area (Å²) in [4.78, 5) is 73.1. The summed E-state index contributed by atoms with van der Waals surface area (Å²) in [6.07, 6.45) is 15.4. The summed E-state index contributed by atoms with van der Waals surface area (Å²) in [5, 5.41) is 20.3. The van der Waals surface area contributed by atoms with Gasteiger partial charge in [-0.05, 0) is 99.9 Å². The number of unbranched alkanes of at least 4 members (excludes halogenated alkanes) is 3. The molecule has 4 aromatic rings. The van der Waals surface area contributed by atoms with Crippen molar-refractivity contribution in [1.82, 2.24) is 45.9 Å². The molecule has 0 spiro atoms. The van der Waals surface area contributed by atoms with E-state index in [1.807, 2.05) is 48.3 Å². The van der Waals surface area contributed by atoms with E-state index in [4.69, 9.17) is 21.3 Å². The van der Waals surface area contributed by atoms with Gasteiger partial charge >= 0.3 is 0 Å². The third-order valence-corrected chi connectivity index (χ3v) is 13.2. The van der Waals surface area contributed by atoms with Gasteiger partial charge in [0.1, 0.15) is 18.4 Å². The van der Waals surface area contributed by atoms with Crippen molar-refractivity contribution >= 4 is 47.1 Å². The number of carbonyl (C=O) groups excluding carboxylic acids is 5. The average Bonchev–Trinajstić information content (AvgIpc) is 3.97. The van der Waals surface area contributed by atoms with Crippen molar-refractivity contribution in [3.63, 3.8) is 0 Å². The third kappa shape index (κ3) is 12.1. The predicted octanol–water partition coefficient (Wildman–Crippen LogP) is 5.52. The van der Waals surface area contributed by atoms with Crippen LogP contribution in [0.15, 0.2) is 54.9 Å².